The Morgan fingerprint density at radius 3 is 2.37 bits per heavy atom. The van der Waals surface area contributed by atoms with Gasteiger partial charge in [0.2, 0.25) is 5.91 Å². The molecule has 0 atom stereocenters. The molecular weight excluding hydrogens is 406 g/mol. The van der Waals surface area contributed by atoms with Crippen molar-refractivity contribution >= 4 is 23.6 Å². The molecule has 2 rings (SSSR count). The Hall–Kier alpha value is -2.43. The van der Waals surface area contributed by atoms with E-state index in [0.29, 0.717) is 36.0 Å². The average molecular weight is 436 g/mol. The lowest BCUT2D eigenvalue weighted by Gasteiger charge is -2.33. The number of hydrogen-bond donors (Lipinski definition) is 1. The lowest BCUT2D eigenvalue weighted by atomic mass is 10.00. The first kappa shape index (κ1) is 23.8. The largest absolute Gasteiger partial charge is 0.479 e. The summed E-state index contributed by atoms with van der Waals surface area (Å²) in [6.07, 6.45) is -0.379. The Kier molecular flexibility index (Phi) is 8.82. The van der Waals surface area contributed by atoms with Gasteiger partial charge in [0.15, 0.2) is 0 Å². The van der Waals surface area contributed by atoms with E-state index in [1.54, 1.807) is 17.0 Å². The minimum absolute atomic E-state index is 0.116. The summed E-state index contributed by atoms with van der Waals surface area (Å²) in [5.74, 6) is 6.05. The predicted molar refractivity (Wildman–Crippen MR) is 117 cm³/mol. The molecule has 1 aliphatic rings. The van der Waals surface area contributed by atoms with Crippen LogP contribution >= 0.6 is 11.6 Å². The molecule has 1 aromatic carbocycles. The molecule has 1 aromatic rings. The summed E-state index contributed by atoms with van der Waals surface area (Å²) < 4.78 is 10.9. The third-order valence-electron chi connectivity index (χ3n) is 4.67. The maximum atomic E-state index is 11.9. The topological polar surface area (TPSA) is 85.1 Å². The maximum absolute atomic E-state index is 11.9. The fraction of sp³-hybridized carbons (Fsp3) is 0.545. The second-order valence-electron chi connectivity index (χ2n) is 7.73. The van der Waals surface area contributed by atoms with E-state index < -0.39 is 5.91 Å². The lowest BCUT2D eigenvalue weighted by Crippen LogP contribution is -2.49. The molecule has 0 bridgehead atoms. The number of hydrogen-bond acceptors (Lipinski definition) is 5. The van der Waals surface area contributed by atoms with Gasteiger partial charge in [-0.1, -0.05) is 37.3 Å². The van der Waals surface area contributed by atoms with Crippen molar-refractivity contribution in [2.75, 3.05) is 39.3 Å². The highest BCUT2D eigenvalue weighted by Gasteiger charge is 2.22. The smallest absolute Gasteiger partial charge is 0.410 e. The highest BCUT2D eigenvalue weighted by molar-refractivity contribution is 6.33. The normalized spacial score (nSPS) is 14.4. The Bertz CT molecular complexity index is 822. The number of piperazine rings is 1. The third kappa shape index (κ3) is 6.82. The van der Waals surface area contributed by atoms with Crippen LogP contribution in [-0.4, -0.2) is 67.2 Å². The van der Waals surface area contributed by atoms with Crippen molar-refractivity contribution < 1.29 is 19.1 Å². The van der Waals surface area contributed by atoms with E-state index in [-0.39, 0.29) is 24.7 Å². The van der Waals surface area contributed by atoms with Gasteiger partial charge < -0.3 is 20.1 Å². The molecule has 1 fully saturated rings. The van der Waals surface area contributed by atoms with Gasteiger partial charge in [-0.05, 0) is 37.5 Å². The molecule has 2 N–H and O–H groups in total. The predicted octanol–water partition coefficient (Wildman–Crippen LogP) is 3.11. The molecule has 2 amide bonds. The van der Waals surface area contributed by atoms with Crippen LogP contribution < -0.4 is 10.5 Å². The molecule has 1 saturated heterocycles. The molecule has 0 saturated carbocycles. The number of amides is 2. The van der Waals surface area contributed by atoms with Crippen LogP contribution in [0.2, 0.25) is 5.02 Å². The molecule has 1 aliphatic heterocycles. The third-order valence-corrected chi connectivity index (χ3v) is 5.07. The molecule has 30 heavy (non-hydrogen) atoms. The summed E-state index contributed by atoms with van der Waals surface area (Å²) in [5, 5.41) is 0.473. The molecule has 8 heteroatoms. The van der Waals surface area contributed by atoms with Crippen molar-refractivity contribution in [3.63, 3.8) is 0 Å². The van der Waals surface area contributed by atoms with Gasteiger partial charge in [-0.25, -0.2) is 4.79 Å². The number of nitrogens with zero attached hydrogens (tertiary/aromatic N) is 2. The Morgan fingerprint density at radius 1 is 1.13 bits per heavy atom. The number of rotatable bonds is 6. The van der Waals surface area contributed by atoms with Gasteiger partial charge in [0.25, 0.3) is 0 Å². The first-order valence-electron chi connectivity index (χ1n) is 10.1. The van der Waals surface area contributed by atoms with E-state index in [1.165, 1.54) is 0 Å². The zero-order chi connectivity index (χ0) is 22.3. The van der Waals surface area contributed by atoms with Crippen LogP contribution in [-0.2, 0) is 4.74 Å². The number of carbonyl (C=O) groups excluding carboxylic acids is 2. The van der Waals surface area contributed by atoms with Crippen molar-refractivity contribution in [3.8, 4) is 17.6 Å². The molecule has 1 heterocycles. The highest BCUT2D eigenvalue weighted by Crippen LogP contribution is 2.34. The number of halogens is 1. The van der Waals surface area contributed by atoms with Crippen LogP contribution in [0.1, 0.15) is 49.5 Å². The minimum Gasteiger partial charge on any atom is -0.479 e. The molecule has 0 aliphatic carbocycles. The summed E-state index contributed by atoms with van der Waals surface area (Å²) in [5.41, 5.74) is 6.58. The summed E-state index contributed by atoms with van der Waals surface area (Å²) in [6.45, 7) is 11.1. The summed E-state index contributed by atoms with van der Waals surface area (Å²) in [7, 11) is 0. The molecular formula is C22H30ClN3O4. The second-order valence-corrected chi connectivity index (χ2v) is 8.11. The zero-order valence-corrected chi connectivity index (χ0v) is 18.8. The van der Waals surface area contributed by atoms with Crippen molar-refractivity contribution in [3.05, 3.63) is 28.3 Å². The fourth-order valence-electron chi connectivity index (χ4n) is 2.98. The monoisotopic (exact) mass is 435 g/mol. The number of carbonyl (C=O) groups is 2. The van der Waals surface area contributed by atoms with Crippen LogP contribution in [0.15, 0.2) is 12.1 Å². The van der Waals surface area contributed by atoms with Crippen LogP contribution in [0.3, 0.4) is 0 Å². The van der Waals surface area contributed by atoms with E-state index in [1.807, 2.05) is 27.7 Å². The minimum atomic E-state index is -0.527. The molecule has 164 valence electrons. The van der Waals surface area contributed by atoms with E-state index in [9.17, 15) is 9.59 Å². The zero-order valence-electron chi connectivity index (χ0n) is 18.0. The van der Waals surface area contributed by atoms with Crippen molar-refractivity contribution in [2.45, 2.75) is 39.7 Å². The first-order valence-corrected chi connectivity index (χ1v) is 10.5. The molecule has 0 spiro atoms. The van der Waals surface area contributed by atoms with Gasteiger partial charge in [0, 0.05) is 31.7 Å². The molecule has 0 radical (unpaired) electrons. The number of primary amides is 1. The van der Waals surface area contributed by atoms with Crippen LogP contribution in [0, 0.1) is 11.8 Å². The average Bonchev–Trinajstić information content (AvgIpc) is 2.68. The van der Waals surface area contributed by atoms with E-state index >= 15 is 0 Å². The number of benzene rings is 1. The van der Waals surface area contributed by atoms with Gasteiger partial charge in [-0.3, -0.25) is 9.69 Å². The second kappa shape index (κ2) is 11.1. The Labute approximate surface area is 183 Å². The van der Waals surface area contributed by atoms with Crippen molar-refractivity contribution in [1.82, 2.24) is 9.80 Å². The van der Waals surface area contributed by atoms with Crippen LogP contribution in [0.25, 0.3) is 0 Å². The van der Waals surface area contributed by atoms with Crippen molar-refractivity contribution in [2.24, 2.45) is 5.73 Å². The maximum Gasteiger partial charge on any atom is 0.410 e. The first-order chi connectivity index (χ1) is 14.2. The Morgan fingerprint density at radius 2 is 1.80 bits per heavy atom. The van der Waals surface area contributed by atoms with Crippen molar-refractivity contribution in [1.29, 1.82) is 0 Å². The van der Waals surface area contributed by atoms with Gasteiger partial charge in [-0.2, -0.15) is 0 Å². The van der Waals surface area contributed by atoms with E-state index in [4.69, 9.17) is 26.8 Å². The van der Waals surface area contributed by atoms with E-state index in [0.717, 1.165) is 18.7 Å². The molecule has 0 unspecified atom stereocenters. The lowest BCUT2D eigenvalue weighted by molar-refractivity contribution is 0.0594. The number of ether oxygens (including phenoxy) is 2. The molecule has 7 nitrogen and oxygen atoms in total. The Balaban J connectivity index is 1.85. The number of nitrogens with two attached hydrogens (primary N) is 1. The van der Waals surface area contributed by atoms with E-state index in [2.05, 4.69) is 16.7 Å². The fourth-order valence-corrected chi connectivity index (χ4v) is 3.37. The summed E-state index contributed by atoms with van der Waals surface area (Å²) in [4.78, 5) is 27.4. The van der Waals surface area contributed by atoms with Gasteiger partial charge in [-0.15, -0.1) is 0 Å². The van der Waals surface area contributed by atoms with Gasteiger partial charge in [0.05, 0.1) is 17.7 Å². The standard InChI is InChI=1S/C22H30ClN3O4/c1-15(2)18-13-17(21(24)27)14-19(20(18)23)29-12-6-5-7-25-8-10-26(11-9-25)22(28)30-16(3)4/h13-16H,7-12H2,1-4H3,(H2,24,27). The summed E-state index contributed by atoms with van der Waals surface area (Å²) >= 11 is 6.41. The molecule has 0 aromatic heterocycles. The van der Waals surface area contributed by atoms with Gasteiger partial charge in [0.1, 0.15) is 12.4 Å². The van der Waals surface area contributed by atoms with Crippen LogP contribution in [0.5, 0.6) is 5.75 Å². The summed E-state index contributed by atoms with van der Waals surface area (Å²) in [6, 6.07) is 3.25. The van der Waals surface area contributed by atoms with Crippen LogP contribution in [0.4, 0.5) is 4.79 Å². The quantitative estimate of drug-likeness (QED) is 0.694. The van der Waals surface area contributed by atoms with Gasteiger partial charge >= 0.3 is 6.09 Å². The SMILES string of the molecule is CC(C)OC(=O)N1CCN(CC#CCOc2cc(C(N)=O)cc(C(C)C)c2Cl)CC1. The highest BCUT2D eigenvalue weighted by atomic mass is 35.5.